The number of anilines is 5. The molecule has 4 aromatic carbocycles. The van der Waals surface area contributed by atoms with Crippen LogP contribution in [-0.4, -0.2) is 18.3 Å². The molecule has 0 N–H and O–H groups in total. The third kappa shape index (κ3) is 6.46. The zero-order chi connectivity index (χ0) is 35.0. The van der Waals surface area contributed by atoms with Crippen LogP contribution >= 0.6 is 0 Å². The van der Waals surface area contributed by atoms with Gasteiger partial charge in [-0.2, -0.15) is 6.07 Å². The molecule has 5 nitrogen and oxygen atoms in total. The zero-order valence-electron chi connectivity index (χ0n) is 30.6. The van der Waals surface area contributed by atoms with Crippen LogP contribution in [0.25, 0.3) is 0 Å². The van der Waals surface area contributed by atoms with E-state index in [0.29, 0.717) is 11.5 Å². The van der Waals surface area contributed by atoms with Gasteiger partial charge in [0.15, 0.2) is 0 Å². The van der Waals surface area contributed by atoms with E-state index in [9.17, 15) is 0 Å². The first-order valence-electron chi connectivity index (χ1n) is 17.0. The van der Waals surface area contributed by atoms with E-state index in [4.69, 9.17) is 4.74 Å². The van der Waals surface area contributed by atoms with Gasteiger partial charge < -0.3 is 19.4 Å². The second-order valence-corrected chi connectivity index (χ2v) is 15.8. The van der Waals surface area contributed by atoms with Crippen molar-refractivity contribution in [2.75, 3.05) is 21.7 Å². The van der Waals surface area contributed by atoms with Crippen LogP contribution in [0, 0.1) is 23.7 Å². The van der Waals surface area contributed by atoms with Gasteiger partial charge in [0, 0.05) is 24.2 Å². The van der Waals surface area contributed by atoms with E-state index in [1.807, 2.05) is 17.7 Å². The number of ether oxygens (including phenoxy) is 1. The van der Waals surface area contributed by atoms with Gasteiger partial charge in [-0.3, -0.25) is 4.58 Å². The molecular formula is C45H50N4OPt. The molecule has 3 heterocycles. The van der Waals surface area contributed by atoms with Gasteiger partial charge in [0.2, 0.25) is 6.17 Å². The van der Waals surface area contributed by atoms with Gasteiger partial charge in [-0.25, -0.2) is 0 Å². The molecule has 0 unspecified atom stereocenters. The Morgan fingerprint density at radius 2 is 1.45 bits per heavy atom. The number of benzene rings is 4. The third-order valence-corrected chi connectivity index (χ3v) is 10.0. The molecule has 3 aliphatic rings. The number of nitrogens with zero attached hydrogens (tertiary/aromatic N) is 4. The Balaban J connectivity index is 0.00000252. The average Bonchev–Trinajstić information content (AvgIpc) is 3.30. The molecule has 0 amide bonds. The van der Waals surface area contributed by atoms with E-state index in [2.05, 4.69) is 181 Å². The van der Waals surface area contributed by atoms with Crippen molar-refractivity contribution in [3.8, 4) is 11.5 Å². The second kappa shape index (κ2) is 13.3. The topological polar surface area (TPSA) is 22.0 Å². The van der Waals surface area contributed by atoms with Gasteiger partial charge in [-0.05, 0) is 40.0 Å². The fourth-order valence-electron chi connectivity index (χ4n) is 6.97. The van der Waals surface area contributed by atoms with Crippen molar-refractivity contribution in [3.05, 3.63) is 144 Å². The molecule has 0 spiro atoms. The Hall–Kier alpha value is -4.47. The first-order valence-corrected chi connectivity index (χ1v) is 17.0. The molecule has 7 rings (SSSR count). The summed E-state index contributed by atoms with van der Waals surface area (Å²) >= 11 is 0. The van der Waals surface area contributed by atoms with Crippen LogP contribution in [0.2, 0.25) is 0 Å². The number of hydrogen-bond donors (Lipinski definition) is 0. The zero-order valence-corrected chi connectivity index (χ0v) is 32.9. The normalized spacial score (nSPS) is 16.1. The van der Waals surface area contributed by atoms with E-state index in [-0.39, 0.29) is 44.7 Å². The van der Waals surface area contributed by atoms with Gasteiger partial charge >= 0.3 is 21.1 Å². The molecule has 0 saturated heterocycles. The predicted octanol–water partition coefficient (Wildman–Crippen LogP) is 11.5. The summed E-state index contributed by atoms with van der Waals surface area (Å²) in [6, 6.07) is 32.8. The third-order valence-electron chi connectivity index (χ3n) is 10.0. The maximum atomic E-state index is 6.75. The molecule has 0 fully saturated rings. The number of fused-ring (bicyclic) bond motifs is 3. The summed E-state index contributed by atoms with van der Waals surface area (Å²) in [5.74, 6) is 2.11. The van der Waals surface area contributed by atoms with Crippen molar-refractivity contribution >= 4 is 35.2 Å². The molecule has 266 valence electrons. The summed E-state index contributed by atoms with van der Waals surface area (Å²) in [4.78, 5) is 6.56. The average molecular weight is 858 g/mol. The Kier molecular flexibility index (Phi) is 9.82. The van der Waals surface area contributed by atoms with Crippen molar-refractivity contribution in [2.24, 2.45) is 5.41 Å². The molecule has 6 heteroatoms. The van der Waals surface area contributed by atoms with Gasteiger partial charge in [0.25, 0.3) is 0 Å². The smallest absolute Gasteiger partial charge is 0.509 e. The van der Waals surface area contributed by atoms with Gasteiger partial charge in [-0.1, -0.05) is 123 Å². The van der Waals surface area contributed by atoms with E-state index < -0.39 is 0 Å². The van der Waals surface area contributed by atoms with E-state index in [1.54, 1.807) is 0 Å². The monoisotopic (exact) mass is 857 g/mol. The molecule has 0 aliphatic carbocycles. The van der Waals surface area contributed by atoms with Crippen molar-refractivity contribution in [2.45, 2.75) is 73.6 Å². The SMILES string of the molecule is C.C=C1N(C)c2ccccc2N1c1[c-]c(Oc2[c-]c3c(cc2)C(C)(C)c2ccccc2N3[C-]2C=C(C(C)(C)C)C=C[N+]2=C)cc(C(C)(C)C)c1.[Pt+2]. The molecule has 0 bridgehead atoms. The maximum Gasteiger partial charge on any atom is 2.00 e. The molecule has 51 heavy (non-hydrogen) atoms. The molecule has 4 aromatic rings. The number of rotatable bonds is 4. The summed E-state index contributed by atoms with van der Waals surface area (Å²) in [6.07, 6.45) is 7.41. The minimum absolute atomic E-state index is 0. The van der Waals surface area contributed by atoms with Crippen LogP contribution in [-0.2, 0) is 31.9 Å². The first kappa shape index (κ1) is 37.8. The standard InChI is InChI=1S/C44H46N4O.CH4.Pt/c1-29-46(11)38-18-14-15-19-39(38)47(29)32-24-31(43(5,6)7)25-34(27-32)49-33-20-21-36-40(28-33)48(37-17-13-12-16-35(37)44(36,8)9)41-26-30(42(2,3)4)22-23-45(41)10;;/h12-26H,1,10H2,2-9,11H3;1H4;/q-2;;+2. The summed E-state index contributed by atoms with van der Waals surface area (Å²) in [5, 5.41) is 0. The summed E-state index contributed by atoms with van der Waals surface area (Å²) in [6.45, 7) is 26.8. The van der Waals surface area contributed by atoms with Crippen molar-refractivity contribution in [1.82, 2.24) is 0 Å². The van der Waals surface area contributed by atoms with Crippen LogP contribution in [0.4, 0.5) is 28.4 Å². The van der Waals surface area contributed by atoms with Crippen LogP contribution < -0.4 is 19.4 Å². The number of allylic oxidation sites excluding steroid dienone is 2. The van der Waals surface area contributed by atoms with Gasteiger partial charge in [0.1, 0.15) is 5.82 Å². The van der Waals surface area contributed by atoms with Gasteiger partial charge in [-0.15, -0.1) is 47.0 Å². The molecule has 0 atom stereocenters. The minimum Gasteiger partial charge on any atom is -0.509 e. The van der Waals surface area contributed by atoms with E-state index in [0.717, 1.165) is 46.0 Å². The second-order valence-electron chi connectivity index (χ2n) is 15.8. The van der Waals surface area contributed by atoms with Crippen molar-refractivity contribution in [1.29, 1.82) is 0 Å². The van der Waals surface area contributed by atoms with E-state index in [1.165, 1.54) is 16.7 Å². The Bertz CT molecular complexity index is 2080. The maximum absolute atomic E-state index is 6.75. The van der Waals surface area contributed by atoms with E-state index >= 15 is 0 Å². The molecule has 0 saturated carbocycles. The van der Waals surface area contributed by atoms with Gasteiger partial charge in [0.05, 0.1) is 24.3 Å². The Labute approximate surface area is 320 Å². The number of hydrogen-bond acceptors (Lipinski definition) is 4. The van der Waals surface area contributed by atoms with Crippen LogP contribution in [0.3, 0.4) is 0 Å². The van der Waals surface area contributed by atoms with Crippen LogP contribution in [0.5, 0.6) is 11.5 Å². The molecule has 0 radical (unpaired) electrons. The van der Waals surface area contributed by atoms with Crippen molar-refractivity contribution in [3.63, 3.8) is 0 Å². The first-order chi connectivity index (χ1) is 23.1. The van der Waals surface area contributed by atoms with Crippen LogP contribution in [0.15, 0.2) is 109 Å². The van der Waals surface area contributed by atoms with Crippen molar-refractivity contribution < 1.29 is 30.4 Å². The fourth-order valence-corrected chi connectivity index (χ4v) is 6.97. The Morgan fingerprint density at radius 3 is 2.12 bits per heavy atom. The number of para-hydroxylation sites is 3. The summed E-state index contributed by atoms with van der Waals surface area (Å²) in [7, 11) is 2.05. The largest absolute Gasteiger partial charge is 2.00 e. The summed E-state index contributed by atoms with van der Waals surface area (Å²) in [5.41, 5.74) is 9.48. The molecule has 0 aromatic heterocycles. The quantitative estimate of drug-likeness (QED) is 0.151. The Morgan fingerprint density at radius 1 is 0.804 bits per heavy atom. The van der Waals surface area contributed by atoms with Crippen LogP contribution in [0.1, 0.15) is 79.5 Å². The fraction of sp³-hybridized carbons (Fsp3) is 0.289. The predicted molar refractivity (Wildman–Crippen MR) is 210 cm³/mol. The minimum atomic E-state index is -0.258. The molecular weight excluding hydrogens is 808 g/mol. The summed E-state index contributed by atoms with van der Waals surface area (Å²) < 4.78 is 8.69. The molecule has 3 aliphatic heterocycles.